The van der Waals surface area contributed by atoms with Gasteiger partial charge in [-0.2, -0.15) is 0 Å². The van der Waals surface area contributed by atoms with Crippen LogP contribution in [0, 0.1) is 17.6 Å². The lowest BCUT2D eigenvalue weighted by Crippen LogP contribution is -2.40. The molecule has 0 radical (unpaired) electrons. The van der Waals surface area contributed by atoms with Gasteiger partial charge in [0.2, 0.25) is 0 Å². The fraction of sp³-hybridized carbons (Fsp3) is 0.226. The van der Waals surface area contributed by atoms with Crippen LogP contribution < -0.4 is 5.48 Å². The Labute approximate surface area is 214 Å². The molecule has 2 heterocycles. The van der Waals surface area contributed by atoms with Crippen LogP contribution in [0.1, 0.15) is 22.3 Å². The molecule has 2 aliphatic heterocycles. The highest BCUT2D eigenvalue weighted by Gasteiger charge is 2.57. The van der Waals surface area contributed by atoms with Crippen molar-refractivity contribution in [3.05, 3.63) is 143 Å². The zero-order valence-corrected chi connectivity index (χ0v) is 20.1. The van der Waals surface area contributed by atoms with Crippen LogP contribution in [0.4, 0.5) is 8.78 Å². The highest BCUT2D eigenvalue weighted by atomic mass is 19.2. The summed E-state index contributed by atoms with van der Waals surface area (Å²) in [5, 5.41) is 0. The number of hydrogen-bond donors (Lipinski definition) is 1. The highest BCUT2D eigenvalue weighted by molar-refractivity contribution is 5.47. The van der Waals surface area contributed by atoms with Gasteiger partial charge < -0.3 is 9.47 Å². The molecule has 0 aromatic heterocycles. The molecule has 0 amide bonds. The smallest absolute Gasteiger partial charge is 0.165 e. The fourth-order valence-corrected chi connectivity index (χ4v) is 5.72. The van der Waals surface area contributed by atoms with Gasteiger partial charge in [-0.3, -0.25) is 4.84 Å². The van der Waals surface area contributed by atoms with Gasteiger partial charge in [0, 0.05) is 18.0 Å². The van der Waals surface area contributed by atoms with Gasteiger partial charge in [-0.1, -0.05) is 103 Å². The minimum Gasteiger partial charge on any atom is -0.372 e. The molecule has 188 valence electrons. The first-order chi connectivity index (χ1) is 18.1. The summed E-state index contributed by atoms with van der Waals surface area (Å²) in [5.74, 6) is -2.09. The van der Waals surface area contributed by atoms with E-state index in [1.54, 1.807) is 6.07 Å². The average molecular weight is 500 g/mol. The van der Waals surface area contributed by atoms with E-state index in [9.17, 15) is 8.78 Å². The number of halogens is 2. The lowest BCUT2D eigenvalue weighted by atomic mass is 9.79. The molecule has 3 atom stereocenters. The largest absolute Gasteiger partial charge is 0.372 e. The number of hydroxylamine groups is 1. The molecule has 6 heteroatoms. The van der Waals surface area contributed by atoms with Gasteiger partial charge in [0.15, 0.2) is 11.6 Å². The minimum atomic E-state index is -1.13. The SMILES string of the molecule is Fc1cccc(C23COC(COC(c4ccccc4)(c4ccccc4)c4ccccc4)C2CNO3)c1F. The molecular formula is C31H27F2NO3. The Morgan fingerprint density at radius 3 is 1.92 bits per heavy atom. The van der Waals surface area contributed by atoms with Crippen molar-refractivity contribution in [2.24, 2.45) is 5.92 Å². The zero-order valence-electron chi connectivity index (χ0n) is 20.1. The molecule has 0 spiro atoms. The molecule has 4 aromatic rings. The second kappa shape index (κ2) is 9.80. The monoisotopic (exact) mass is 499 g/mol. The maximum atomic E-state index is 14.9. The van der Waals surface area contributed by atoms with Crippen molar-refractivity contribution in [1.82, 2.24) is 5.48 Å². The third kappa shape index (κ3) is 3.97. The van der Waals surface area contributed by atoms with Crippen molar-refractivity contribution in [3.8, 4) is 0 Å². The minimum absolute atomic E-state index is 0.0913. The molecule has 1 N–H and O–H groups in total. The molecule has 0 saturated carbocycles. The first-order valence-corrected chi connectivity index (χ1v) is 12.4. The molecule has 2 aliphatic rings. The first-order valence-electron chi connectivity index (χ1n) is 12.4. The molecular weight excluding hydrogens is 472 g/mol. The molecule has 2 saturated heterocycles. The molecule has 0 aliphatic carbocycles. The molecule has 37 heavy (non-hydrogen) atoms. The van der Waals surface area contributed by atoms with E-state index in [1.807, 2.05) is 54.6 Å². The molecule has 0 bridgehead atoms. The number of ether oxygens (including phenoxy) is 2. The van der Waals surface area contributed by atoms with Crippen molar-refractivity contribution in [2.45, 2.75) is 17.3 Å². The standard InChI is InChI=1S/C31H27F2NO3/c32-27-18-10-17-25(29(27)33)30-21-35-28(26(30)19-34-37-30)20-36-31(22-11-4-1-5-12-22,23-13-6-2-7-14-23)24-15-8-3-9-16-24/h1-18,26,28,34H,19-21H2. The number of hydrogen-bond acceptors (Lipinski definition) is 4. The van der Waals surface area contributed by atoms with Gasteiger partial charge in [0.05, 0.1) is 19.3 Å². The Bertz CT molecular complexity index is 1260. The molecule has 6 rings (SSSR count). The molecule has 3 unspecified atom stereocenters. The predicted octanol–water partition coefficient (Wildman–Crippen LogP) is 5.72. The van der Waals surface area contributed by atoms with E-state index in [0.717, 1.165) is 22.8 Å². The van der Waals surface area contributed by atoms with Crippen LogP contribution in [0.15, 0.2) is 109 Å². The fourth-order valence-electron chi connectivity index (χ4n) is 5.72. The Kier molecular flexibility index (Phi) is 6.34. The molecule has 4 nitrogen and oxygen atoms in total. The van der Waals surface area contributed by atoms with Crippen LogP contribution in [-0.2, 0) is 25.5 Å². The van der Waals surface area contributed by atoms with Gasteiger partial charge in [0.1, 0.15) is 11.2 Å². The predicted molar refractivity (Wildman–Crippen MR) is 136 cm³/mol. The van der Waals surface area contributed by atoms with Gasteiger partial charge in [-0.15, -0.1) is 0 Å². The Hall–Kier alpha value is -3.42. The van der Waals surface area contributed by atoms with E-state index in [0.29, 0.717) is 6.54 Å². The average Bonchev–Trinajstić information content (AvgIpc) is 3.53. The number of fused-ring (bicyclic) bond motifs is 1. The molecule has 2 fully saturated rings. The van der Waals surface area contributed by atoms with Crippen LogP contribution in [-0.4, -0.2) is 25.9 Å². The second-order valence-electron chi connectivity index (χ2n) is 9.49. The van der Waals surface area contributed by atoms with Crippen LogP contribution >= 0.6 is 0 Å². The summed E-state index contributed by atoms with van der Waals surface area (Å²) in [5.41, 5.74) is 3.97. The van der Waals surface area contributed by atoms with Crippen LogP contribution in [0.25, 0.3) is 0 Å². The Balaban J connectivity index is 1.39. The van der Waals surface area contributed by atoms with Crippen LogP contribution in [0.3, 0.4) is 0 Å². The topological polar surface area (TPSA) is 39.7 Å². The van der Waals surface area contributed by atoms with E-state index in [2.05, 4.69) is 41.9 Å². The van der Waals surface area contributed by atoms with Gasteiger partial charge in [-0.05, 0) is 22.8 Å². The van der Waals surface area contributed by atoms with Crippen LogP contribution in [0.2, 0.25) is 0 Å². The third-order valence-electron chi connectivity index (χ3n) is 7.53. The van der Waals surface area contributed by atoms with E-state index in [4.69, 9.17) is 14.3 Å². The Morgan fingerprint density at radius 1 is 0.784 bits per heavy atom. The quantitative estimate of drug-likeness (QED) is 0.330. The third-order valence-corrected chi connectivity index (χ3v) is 7.53. The zero-order chi connectivity index (χ0) is 25.3. The lowest BCUT2D eigenvalue weighted by Gasteiger charge is -2.37. The number of rotatable bonds is 7. The van der Waals surface area contributed by atoms with Gasteiger partial charge >= 0.3 is 0 Å². The number of nitrogens with one attached hydrogen (secondary N) is 1. The molecule has 4 aromatic carbocycles. The summed E-state index contributed by atoms with van der Waals surface area (Å²) in [6.07, 6.45) is -0.409. The van der Waals surface area contributed by atoms with Crippen molar-refractivity contribution in [2.75, 3.05) is 19.8 Å². The summed E-state index contributed by atoms with van der Waals surface area (Å²) in [7, 11) is 0. The van der Waals surface area contributed by atoms with E-state index in [1.165, 1.54) is 6.07 Å². The summed E-state index contributed by atoms with van der Waals surface area (Å²) in [6.45, 7) is 0.736. The maximum absolute atomic E-state index is 14.9. The maximum Gasteiger partial charge on any atom is 0.165 e. The van der Waals surface area contributed by atoms with E-state index >= 15 is 0 Å². The summed E-state index contributed by atoms with van der Waals surface area (Å²) < 4.78 is 42.2. The highest BCUT2D eigenvalue weighted by Crippen LogP contribution is 2.47. The summed E-state index contributed by atoms with van der Waals surface area (Å²) >= 11 is 0. The van der Waals surface area contributed by atoms with Gasteiger partial charge in [0.25, 0.3) is 0 Å². The van der Waals surface area contributed by atoms with Crippen molar-refractivity contribution in [3.63, 3.8) is 0 Å². The van der Waals surface area contributed by atoms with Crippen molar-refractivity contribution in [1.29, 1.82) is 0 Å². The lowest BCUT2D eigenvalue weighted by molar-refractivity contribution is -0.0835. The normalized spacial score (nSPS) is 23.2. The van der Waals surface area contributed by atoms with Crippen molar-refractivity contribution < 1.29 is 23.1 Å². The van der Waals surface area contributed by atoms with Crippen molar-refractivity contribution >= 4 is 0 Å². The summed E-state index contributed by atoms with van der Waals surface area (Å²) in [4.78, 5) is 5.87. The Morgan fingerprint density at radius 2 is 1.35 bits per heavy atom. The van der Waals surface area contributed by atoms with Crippen LogP contribution in [0.5, 0.6) is 0 Å². The first kappa shape index (κ1) is 23.9. The van der Waals surface area contributed by atoms with Gasteiger partial charge in [-0.25, -0.2) is 14.3 Å². The van der Waals surface area contributed by atoms with E-state index in [-0.39, 0.29) is 24.7 Å². The number of benzene rings is 4. The summed E-state index contributed by atoms with van der Waals surface area (Å²) in [6, 6.07) is 34.4. The second-order valence-corrected chi connectivity index (χ2v) is 9.49. The van der Waals surface area contributed by atoms with E-state index < -0.39 is 28.9 Å².